The molecule has 0 spiro atoms. The van der Waals surface area contributed by atoms with Crippen LogP contribution in [0.1, 0.15) is 0 Å². The third kappa shape index (κ3) is 1.92. The monoisotopic (exact) mass is 303 g/mol. The Hall–Kier alpha value is -0.980. The second-order valence-corrected chi connectivity index (χ2v) is 8.38. The molecule has 0 aliphatic rings. The molecule has 0 radical (unpaired) electrons. The number of halogens is 1. The molecule has 74 valence electrons. The second kappa shape index (κ2) is 4.04. The van der Waals surface area contributed by atoms with E-state index in [1.807, 2.05) is 12.4 Å². The molecule has 0 aliphatic carbocycles. The minimum atomic E-state index is -0.963. The Labute approximate surface area is 89.2 Å². The fourth-order valence-electron chi connectivity index (χ4n) is 0.952. The molecule has 0 saturated heterocycles. The third-order valence-electron chi connectivity index (χ3n) is 1.68. The van der Waals surface area contributed by atoms with E-state index in [0.29, 0.717) is 11.7 Å². The second-order valence-electron chi connectivity index (χ2n) is 2.82. The van der Waals surface area contributed by atoms with Crippen LogP contribution in [0, 0.1) is 3.57 Å². The van der Waals surface area contributed by atoms with Crippen molar-refractivity contribution in [3.8, 4) is 11.7 Å². The Morgan fingerprint density at radius 3 is 2.36 bits per heavy atom. The molecule has 0 bridgehead atoms. The van der Waals surface area contributed by atoms with E-state index >= 15 is 0 Å². The van der Waals surface area contributed by atoms with Crippen LogP contribution in [0.4, 0.5) is 0 Å². The molecular weight excluding hydrogens is 293 g/mol. The zero-order valence-electron chi connectivity index (χ0n) is 7.94. The van der Waals surface area contributed by atoms with E-state index in [0.717, 1.165) is 0 Å². The molecule has 2 heterocycles. The van der Waals surface area contributed by atoms with E-state index in [4.69, 9.17) is 4.42 Å². The van der Waals surface area contributed by atoms with Gasteiger partial charge < -0.3 is 0 Å². The predicted octanol–water partition coefficient (Wildman–Crippen LogP) is 2.07. The van der Waals surface area contributed by atoms with Crippen LogP contribution in [-0.4, -0.2) is 24.8 Å². The molecule has 2 rings (SSSR count). The quantitative estimate of drug-likeness (QED) is 0.629. The number of oxazole rings is 1. The number of alkyl halides is 2. The summed E-state index contributed by atoms with van der Waals surface area (Å²) in [5.41, 5.74) is 0. The van der Waals surface area contributed by atoms with Crippen LogP contribution in [0.3, 0.4) is 0 Å². The van der Waals surface area contributed by atoms with Gasteiger partial charge in [-0.05, 0) is 0 Å². The summed E-state index contributed by atoms with van der Waals surface area (Å²) in [6.45, 7) is 0. The Morgan fingerprint density at radius 1 is 1.14 bits per heavy atom. The molecule has 2 aromatic heterocycles. The minimum absolute atomic E-state index is 0.476. The van der Waals surface area contributed by atoms with Crippen molar-refractivity contribution in [2.45, 2.75) is 0 Å². The topological polar surface area (TPSA) is 51.8 Å². The summed E-state index contributed by atoms with van der Waals surface area (Å²) in [4.78, 5) is 16.9. The first-order valence-corrected chi connectivity index (χ1v) is 9.38. The van der Waals surface area contributed by atoms with Gasteiger partial charge in [0.2, 0.25) is 0 Å². The first-order chi connectivity index (χ1) is 6.77. The molecule has 0 aromatic carbocycles. The van der Waals surface area contributed by atoms with E-state index in [9.17, 15) is 0 Å². The van der Waals surface area contributed by atoms with Crippen molar-refractivity contribution >= 4 is 19.8 Å². The summed E-state index contributed by atoms with van der Waals surface area (Å²) >= 11 is -0.963. The predicted molar refractivity (Wildman–Crippen MR) is 62.1 cm³/mol. The van der Waals surface area contributed by atoms with Crippen LogP contribution < -0.4 is 0 Å². The molecule has 0 atom stereocenters. The fourth-order valence-corrected chi connectivity index (χ4v) is 2.34. The summed E-state index contributed by atoms with van der Waals surface area (Å²) in [6.07, 6.45) is 6.85. The van der Waals surface area contributed by atoms with Crippen molar-refractivity contribution in [1.29, 1.82) is 0 Å². The molecule has 5 heteroatoms. The Bertz CT molecular complexity index is 397. The molecule has 2 aromatic rings. The van der Waals surface area contributed by atoms with Crippen LogP contribution in [0.15, 0.2) is 29.3 Å². The van der Waals surface area contributed by atoms with Crippen LogP contribution >= 0.6 is 19.8 Å². The third-order valence-corrected chi connectivity index (χ3v) is 4.73. The molecule has 14 heavy (non-hydrogen) atoms. The van der Waals surface area contributed by atoms with Gasteiger partial charge in [-0.15, -0.1) is 0 Å². The SMILES string of the molecule is CI(C)c1cnc(-c2ncco2)nc1. The van der Waals surface area contributed by atoms with Gasteiger partial charge in [-0.1, -0.05) is 0 Å². The van der Waals surface area contributed by atoms with E-state index in [1.165, 1.54) is 9.83 Å². The normalized spacial score (nSPS) is 11.4. The molecular formula is C9H10IN3O. The first-order valence-electron chi connectivity index (χ1n) is 3.99. The van der Waals surface area contributed by atoms with E-state index in [2.05, 4.69) is 24.8 Å². The Kier molecular flexibility index (Phi) is 2.76. The van der Waals surface area contributed by atoms with Crippen molar-refractivity contribution in [2.24, 2.45) is 0 Å². The van der Waals surface area contributed by atoms with Crippen molar-refractivity contribution in [1.82, 2.24) is 15.0 Å². The van der Waals surface area contributed by atoms with Gasteiger partial charge in [-0.25, -0.2) is 0 Å². The standard InChI is InChI=1S/C9H10IN3O/c1-10(2)7-5-12-8(13-6-7)9-11-3-4-14-9/h3-6H,1-2H3. The zero-order valence-corrected chi connectivity index (χ0v) is 10.1. The number of nitrogens with zero attached hydrogens (tertiary/aromatic N) is 3. The number of rotatable bonds is 2. The van der Waals surface area contributed by atoms with Gasteiger partial charge in [0.25, 0.3) is 0 Å². The molecule has 0 saturated carbocycles. The van der Waals surface area contributed by atoms with E-state index in [1.54, 1.807) is 6.20 Å². The Morgan fingerprint density at radius 2 is 1.86 bits per heavy atom. The maximum atomic E-state index is 5.10. The summed E-state index contributed by atoms with van der Waals surface area (Å²) < 4.78 is 6.36. The maximum absolute atomic E-state index is 5.10. The number of aromatic nitrogens is 3. The first kappa shape index (κ1) is 9.57. The van der Waals surface area contributed by atoms with Gasteiger partial charge in [-0.2, -0.15) is 0 Å². The average Bonchev–Trinajstić information content (AvgIpc) is 2.71. The van der Waals surface area contributed by atoms with Crippen molar-refractivity contribution in [3.63, 3.8) is 0 Å². The molecule has 0 aliphatic heterocycles. The summed E-state index contributed by atoms with van der Waals surface area (Å²) in [7, 11) is 0. The molecule has 0 N–H and O–H groups in total. The number of hydrogen-bond donors (Lipinski definition) is 0. The van der Waals surface area contributed by atoms with Gasteiger partial charge in [0.15, 0.2) is 0 Å². The molecule has 0 fully saturated rings. The van der Waals surface area contributed by atoms with Gasteiger partial charge in [0, 0.05) is 0 Å². The van der Waals surface area contributed by atoms with Crippen LogP contribution in [0.2, 0.25) is 0 Å². The summed E-state index contributed by atoms with van der Waals surface area (Å²) in [6, 6.07) is 0. The van der Waals surface area contributed by atoms with Gasteiger partial charge in [0.1, 0.15) is 0 Å². The zero-order chi connectivity index (χ0) is 9.97. The molecule has 0 amide bonds. The van der Waals surface area contributed by atoms with Crippen molar-refractivity contribution in [2.75, 3.05) is 9.86 Å². The van der Waals surface area contributed by atoms with Crippen molar-refractivity contribution < 1.29 is 4.42 Å². The van der Waals surface area contributed by atoms with Gasteiger partial charge in [0.05, 0.1) is 0 Å². The number of hydrogen-bond acceptors (Lipinski definition) is 4. The van der Waals surface area contributed by atoms with Crippen LogP contribution in [0.5, 0.6) is 0 Å². The Balaban J connectivity index is 2.31. The van der Waals surface area contributed by atoms with Crippen LogP contribution in [-0.2, 0) is 0 Å². The summed E-state index contributed by atoms with van der Waals surface area (Å²) in [5, 5.41) is 0. The van der Waals surface area contributed by atoms with Crippen molar-refractivity contribution in [3.05, 3.63) is 28.4 Å². The van der Waals surface area contributed by atoms with Gasteiger partial charge in [-0.3, -0.25) is 0 Å². The van der Waals surface area contributed by atoms with E-state index < -0.39 is 19.8 Å². The summed E-state index contributed by atoms with van der Waals surface area (Å²) in [5.74, 6) is 1.03. The molecule has 0 unspecified atom stereocenters. The molecule has 4 nitrogen and oxygen atoms in total. The average molecular weight is 303 g/mol. The fraction of sp³-hybridized carbons (Fsp3) is 0.222. The van der Waals surface area contributed by atoms with Crippen LogP contribution in [0.25, 0.3) is 11.7 Å². The van der Waals surface area contributed by atoms with Gasteiger partial charge >= 0.3 is 89.2 Å². The van der Waals surface area contributed by atoms with E-state index in [-0.39, 0.29) is 0 Å².